The van der Waals surface area contributed by atoms with E-state index in [4.69, 9.17) is 9.47 Å². The van der Waals surface area contributed by atoms with Gasteiger partial charge in [-0.05, 0) is 56.4 Å². The van der Waals surface area contributed by atoms with E-state index in [1.165, 1.54) is 12.1 Å². The molecule has 8 heteroatoms. The van der Waals surface area contributed by atoms with Gasteiger partial charge in [-0.15, -0.1) is 0 Å². The quantitative estimate of drug-likeness (QED) is 0.363. The first kappa shape index (κ1) is 26.6. The lowest BCUT2D eigenvalue weighted by molar-refractivity contribution is -0.115. The molecule has 1 saturated heterocycles. The van der Waals surface area contributed by atoms with Crippen LogP contribution in [0.1, 0.15) is 68.3 Å². The van der Waals surface area contributed by atoms with E-state index in [1.54, 1.807) is 18.2 Å². The van der Waals surface area contributed by atoms with Crippen molar-refractivity contribution in [2.24, 2.45) is 4.99 Å². The Bertz CT molecular complexity index is 981. The van der Waals surface area contributed by atoms with Gasteiger partial charge in [0.05, 0.1) is 17.9 Å². The number of benzene rings is 1. The molecule has 0 saturated carbocycles. The minimum Gasteiger partial charge on any atom is -0.496 e. The highest BCUT2D eigenvalue weighted by Gasteiger charge is 2.20. The van der Waals surface area contributed by atoms with Gasteiger partial charge in [-0.25, -0.2) is 9.38 Å². The van der Waals surface area contributed by atoms with Gasteiger partial charge in [-0.3, -0.25) is 9.59 Å². The zero-order chi connectivity index (χ0) is 25.0. The van der Waals surface area contributed by atoms with E-state index in [1.807, 2.05) is 6.92 Å². The number of nitrogens with zero attached hydrogens (tertiary/aromatic N) is 1. The lowest BCUT2D eigenvalue weighted by Gasteiger charge is -2.23. The van der Waals surface area contributed by atoms with E-state index in [-0.39, 0.29) is 17.5 Å². The monoisotopic (exact) mass is 485 g/mol. The molecule has 3 rings (SSSR count). The second-order valence-corrected chi connectivity index (χ2v) is 8.84. The zero-order valence-corrected chi connectivity index (χ0v) is 20.7. The molecule has 2 N–H and O–H groups in total. The Balaban J connectivity index is 1.65. The smallest absolute Gasteiger partial charge is 0.270 e. The summed E-state index contributed by atoms with van der Waals surface area (Å²) in [6, 6.07) is 4.65. The predicted octanol–water partition coefficient (Wildman–Crippen LogP) is 4.23. The van der Waals surface area contributed by atoms with Crippen molar-refractivity contribution in [2.45, 2.75) is 64.8 Å². The SMILES string of the molecule is CCCCCNC(=O)c1ccc(C/C=C/C(=N\C2=C(C)OCC2)C(=O)NC2CCOCC2)cc1F. The Kier molecular flexibility index (Phi) is 10.5. The third kappa shape index (κ3) is 8.31. The number of rotatable bonds is 11. The van der Waals surface area contributed by atoms with Crippen LogP contribution >= 0.6 is 0 Å². The first-order chi connectivity index (χ1) is 17.0. The number of hydrogen-bond acceptors (Lipinski definition) is 5. The number of carbonyl (C=O) groups is 2. The Labute approximate surface area is 206 Å². The molecule has 0 radical (unpaired) electrons. The average molecular weight is 486 g/mol. The van der Waals surface area contributed by atoms with Crippen LogP contribution in [0.2, 0.25) is 0 Å². The van der Waals surface area contributed by atoms with Gasteiger partial charge in [0.2, 0.25) is 0 Å². The number of aliphatic imine (C=N–C) groups is 1. The van der Waals surface area contributed by atoms with Crippen LogP contribution in [-0.4, -0.2) is 49.9 Å². The molecule has 1 aromatic rings. The summed E-state index contributed by atoms with van der Waals surface area (Å²) in [5, 5.41) is 5.80. The van der Waals surface area contributed by atoms with Crippen LogP contribution in [0.4, 0.5) is 4.39 Å². The maximum Gasteiger partial charge on any atom is 0.270 e. The van der Waals surface area contributed by atoms with E-state index >= 15 is 0 Å². The summed E-state index contributed by atoms with van der Waals surface area (Å²) < 4.78 is 25.4. The van der Waals surface area contributed by atoms with Gasteiger partial charge in [-0.2, -0.15) is 0 Å². The van der Waals surface area contributed by atoms with Crippen molar-refractivity contribution in [3.05, 3.63) is 58.8 Å². The van der Waals surface area contributed by atoms with Crippen molar-refractivity contribution in [2.75, 3.05) is 26.4 Å². The van der Waals surface area contributed by atoms with Crippen molar-refractivity contribution < 1.29 is 23.5 Å². The summed E-state index contributed by atoms with van der Waals surface area (Å²) in [5.74, 6) is -0.483. The number of allylic oxidation sites excluding steroid dienone is 2. The average Bonchev–Trinajstić information content (AvgIpc) is 3.26. The molecule has 2 aliphatic heterocycles. The van der Waals surface area contributed by atoms with Crippen LogP contribution in [0, 0.1) is 5.82 Å². The molecule has 35 heavy (non-hydrogen) atoms. The zero-order valence-electron chi connectivity index (χ0n) is 20.7. The van der Waals surface area contributed by atoms with Crippen LogP contribution in [0.3, 0.4) is 0 Å². The van der Waals surface area contributed by atoms with Crippen LogP contribution in [0.25, 0.3) is 0 Å². The van der Waals surface area contributed by atoms with E-state index < -0.39 is 11.7 Å². The summed E-state index contributed by atoms with van der Waals surface area (Å²) in [6.45, 7) is 6.28. The number of carbonyl (C=O) groups excluding carboxylic acids is 2. The molecule has 2 aliphatic rings. The van der Waals surface area contributed by atoms with E-state index in [2.05, 4.69) is 22.5 Å². The maximum atomic E-state index is 14.6. The second kappa shape index (κ2) is 13.8. The summed E-state index contributed by atoms with van der Waals surface area (Å²) in [7, 11) is 0. The Morgan fingerprint density at radius 1 is 1.20 bits per heavy atom. The normalized spacial score (nSPS) is 17.1. The minimum atomic E-state index is -0.557. The van der Waals surface area contributed by atoms with Crippen molar-refractivity contribution in [1.29, 1.82) is 0 Å². The first-order valence-corrected chi connectivity index (χ1v) is 12.5. The third-order valence-corrected chi connectivity index (χ3v) is 6.08. The lowest BCUT2D eigenvalue weighted by atomic mass is 10.1. The van der Waals surface area contributed by atoms with Crippen molar-refractivity contribution in [3.63, 3.8) is 0 Å². The molecule has 190 valence electrons. The Morgan fingerprint density at radius 2 is 2.00 bits per heavy atom. The topological polar surface area (TPSA) is 89.0 Å². The van der Waals surface area contributed by atoms with E-state index in [0.717, 1.165) is 43.6 Å². The van der Waals surface area contributed by atoms with Gasteiger partial charge in [0, 0.05) is 32.2 Å². The number of amides is 2. The first-order valence-electron chi connectivity index (χ1n) is 12.5. The van der Waals surface area contributed by atoms with Crippen LogP contribution in [-0.2, 0) is 20.7 Å². The highest BCUT2D eigenvalue weighted by Crippen LogP contribution is 2.20. The molecule has 2 heterocycles. The van der Waals surface area contributed by atoms with E-state index in [9.17, 15) is 14.0 Å². The van der Waals surface area contributed by atoms with Crippen molar-refractivity contribution in [3.8, 4) is 0 Å². The number of ether oxygens (including phenoxy) is 2. The molecular formula is C27H36FN3O4. The molecule has 0 spiro atoms. The number of nitrogens with one attached hydrogen (secondary N) is 2. The van der Waals surface area contributed by atoms with E-state index in [0.29, 0.717) is 50.5 Å². The second-order valence-electron chi connectivity index (χ2n) is 8.84. The predicted molar refractivity (Wildman–Crippen MR) is 134 cm³/mol. The largest absolute Gasteiger partial charge is 0.496 e. The number of halogens is 1. The maximum absolute atomic E-state index is 14.6. The Hall–Kier alpha value is -3.00. The van der Waals surface area contributed by atoms with Crippen molar-refractivity contribution >= 4 is 17.5 Å². The molecule has 1 aromatic carbocycles. The van der Waals surface area contributed by atoms with Gasteiger partial charge >= 0.3 is 0 Å². The number of unbranched alkanes of at least 4 members (excludes halogenated alkanes) is 2. The summed E-state index contributed by atoms with van der Waals surface area (Å²) in [5.41, 5.74) is 1.79. The molecular weight excluding hydrogens is 449 g/mol. The fourth-order valence-corrected chi connectivity index (χ4v) is 3.95. The highest BCUT2D eigenvalue weighted by molar-refractivity contribution is 6.43. The van der Waals surface area contributed by atoms with Crippen LogP contribution in [0.15, 0.2) is 46.8 Å². The molecule has 0 bridgehead atoms. The molecule has 1 fully saturated rings. The molecule has 2 amide bonds. The Morgan fingerprint density at radius 3 is 2.69 bits per heavy atom. The summed E-state index contributed by atoms with van der Waals surface area (Å²) in [6.07, 6.45) is 9.00. The third-order valence-electron chi connectivity index (χ3n) is 6.08. The van der Waals surface area contributed by atoms with Gasteiger partial charge in [0.25, 0.3) is 11.8 Å². The highest BCUT2D eigenvalue weighted by atomic mass is 19.1. The summed E-state index contributed by atoms with van der Waals surface area (Å²) >= 11 is 0. The number of hydrogen-bond donors (Lipinski definition) is 2. The van der Waals surface area contributed by atoms with Crippen molar-refractivity contribution in [1.82, 2.24) is 10.6 Å². The van der Waals surface area contributed by atoms with Gasteiger partial charge in [0.1, 0.15) is 17.3 Å². The fourth-order valence-electron chi connectivity index (χ4n) is 3.95. The molecule has 7 nitrogen and oxygen atoms in total. The lowest BCUT2D eigenvalue weighted by Crippen LogP contribution is -2.41. The molecule has 0 atom stereocenters. The molecule has 0 aromatic heterocycles. The molecule has 0 unspecified atom stereocenters. The summed E-state index contributed by atoms with van der Waals surface area (Å²) in [4.78, 5) is 29.7. The van der Waals surface area contributed by atoms with Crippen LogP contribution in [0.5, 0.6) is 0 Å². The molecule has 0 aliphatic carbocycles. The fraction of sp³-hybridized carbons (Fsp3) is 0.519. The van der Waals surface area contributed by atoms with Crippen LogP contribution < -0.4 is 10.6 Å². The van der Waals surface area contributed by atoms with Gasteiger partial charge in [0.15, 0.2) is 0 Å². The van der Waals surface area contributed by atoms with Gasteiger partial charge in [-0.1, -0.05) is 31.9 Å². The minimum absolute atomic E-state index is 0.0379. The standard InChI is InChI=1S/C27H36FN3O4/c1-3-4-5-14-29-26(32)22-10-9-20(18-23(22)28)7-6-8-25(31-24-13-17-35-19(24)2)27(33)30-21-11-15-34-16-12-21/h6,8-10,18,21H,3-5,7,11-17H2,1-2H3,(H,29,32)(H,30,33)/b8-6+,31-25+. The van der Waals surface area contributed by atoms with Gasteiger partial charge < -0.3 is 20.1 Å².